The summed E-state index contributed by atoms with van der Waals surface area (Å²) in [4.78, 5) is 13.6. The molecule has 0 radical (unpaired) electrons. The van der Waals surface area contributed by atoms with E-state index in [1.54, 1.807) is 12.4 Å². The first kappa shape index (κ1) is 16.7. The van der Waals surface area contributed by atoms with Crippen LogP contribution < -0.4 is 5.32 Å². The van der Waals surface area contributed by atoms with Crippen LogP contribution >= 0.6 is 0 Å². The van der Waals surface area contributed by atoms with E-state index in [0.717, 1.165) is 39.0 Å². The van der Waals surface area contributed by atoms with E-state index in [0.29, 0.717) is 11.4 Å². The number of fused-ring (bicyclic) bond motifs is 1. The zero-order valence-corrected chi connectivity index (χ0v) is 15.1. The Morgan fingerprint density at radius 2 is 1.85 bits per heavy atom. The predicted octanol–water partition coefficient (Wildman–Crippen LogP) is 4.58. The number of nitrogens with zero attached hydrogens (tertiary/aromatic N) is 4. The molecule has 27 heavy (non-hydrogen) atoms. The second-order valence-corrected chi connectivity index (χ2v) is 6.26. The lowest BCUT2D eigenvalue weighted by molar-refractivity contribution is 1.19. The Bertz CT molecular complexity index is 1180. The number of aromatic nitrogens is 3. The number of pyridine rings is 1. The molecular formula is C22H17N5. The van der Waals surface area contributed by atoms with Crippen LogP contribution in [-0.4, -0.2) is 22.0 Å². The molecule has 5 nitrogen and oxygen atoms in total. The molecule has 0 amide bonds. The van der Waals surface area contributed by atoms with Crippen LogP contribution in [0.5, 0.6) is 0 Å². The quantitative estimate of drug-likeness (QED) is 0.585. The van der Waals surface area contributed by atoms with Gasteiger partial charge in [0.15, 0.2) is 5.82 Å². The van der Waals surface area contributed by atoms with Crippen molar-refractivity contribution < 1.29 is 0 Å². The number of anilines is 1. The molecule has 0 fully saturated rings. The van der Waals surface area contributed by atoms with Crippen LogP contribution in [0.4, 0.5) is 5.82 Å². The van der Waals surface area contributed by atoms with Gasteiger partial charge in [-0.2, -0.15) is 5.26 Å². The average Bonchev–Trinajstić information content (AvgIpc) is 2.73. The van der Waals surface area contributed by atoms with Crippen molar-refractivity contribution in [2.24, 2.45) is 0 Å². The molecule has 130 valence electrons. The van der Waals surface area contributed by atoms with Crippen molar-refractivity contribution in [1.29, 1.82) is 5.26 Å². The van der Waals surface area contributed by atoms with Gasteiger partial charge in [-0.1, -0.05) is 12.1 Å². The lowest BCUT2D eigenvalue weighted by Gasteiger charge is -2.12. The van der Waals surface area contributed by atoms with Gasteiger partial charge in [0.05, 0.1) is 17.1 Å². The van der Waals surface area contributed by atoms with E-state index in [4.69, 9.17) is 4.98 Å². The molecular weight excluding hydrogens is 334 g/mol. The van der Waals surface area contributed by atoms with Gasteiger partial charge in [-0.25, -0.2) is 9.97 Å². The van der Waals surface area contributed by atoms with Gasteiger partial charge in [-0.05, 0) is 60.0 Å². The molecule has 0 saturated carbocycles. The second kappa shape index (κ2) is 6.85. The van der Waals surface area contributed by atoms with Gasteiger partial charge in [0, 0.05) is 30.4 Å². The van der Waals surface area contributed by atoms with Crippen LogP contribution in [0, 0.1) is 18.3 Å². The minimum Gasteiger partial charge on any atom is -0.373 e. The van der Waals surface area contributed by atoms with Crippen LogP contribution in [0.3, 0.4) is 0 Å². The predicted molar refractivity (Wildman–Crippen MR) is 107 cm³/mol. The highest BCUT2D eigenvalue weighted by atomic mass is 15.0. The fourth-order valence-electron chi connectivity index (χ4n) is 3.16. The summed E-state index contributed by atoms with van der Waals surface area (Å²) < 4.78 is 0. The highest BCUT2D eigenvalue weighted by Crippen LogP contribution is 2.32. The molecule has 0 bridgehead atoms. The van der Waals surface area contributed by atoms with Crippen LogP contribution in [0.1, 0.15) is 11.1 Å². The van der Waals surface area contributed by atoms with Gasteiger partial charge in [0.2, 0.25) is 0 Å². The van der Waals surface area contributed by atoms with E-state index in [1.165, 1.54) is 0 Å². The first-order chi connectivity index (χ1) is 13.2. The molecule has 0 saturated heterocycles. The Balaban J connectivity index is 1.93. The smallest absolute Gasteiger partial charge is 0.163 e. The van der Waals surface area contributed by atoms with E-state index in [1.807, 2.05) is 43.4 Å². The SMILES string of the molecule is CNc1nc(-c2cccnc2)nc2cc(C)c(-c3cccc(C#N)c3)cc12. The monoisotopic (exact) mass is 351 g/mol. The van der Waals surface area contributed by atoms with Gasteiger partial charge in [0.1, 0.15) is 5.82 Å². The molecule has 0 aliphatic carbocycles. The third kappa shape index (κ3) is 3.09. The maximum absolute atomic E-state index is 9.19. The number of nitrogens with one attached hydrogen (secondary N) is 1. The normalized spacial score (nSPS) is 10.6. The Morgan fingerprint density at radius 1 is 1.00 bits per heavy atom. The van der Waals surface area contributed by atoms with Crippen LogP contribution in [0.15, 0.2) is 60.9 Å². The minimum absolute atomic E-state index is 0.638. The first-order valence-corrected chi connectivity index (χ1v) is 8.60. The van der Waals surface area contributed by atoms with Crippen molar-refractivity contribution in [2.45, 2.75) is 6.92 Å². The lowest BCUT2D eigenvalue weighted by atomic mass is 9.97. The highest BCUT2D eigenvalue weighted by molar-refractivity contribution is 5.95. The molecule has 1 N–H and O–H groups in total. The van der Waals surface area contributed by atoms with Crippen LogP contribution in [0.25, 0.3) is 33.4 Å². The van der Waals surface area contributed by atoms with Crippen molar-refractivity contribution >= 4 is 16.7 Å². The number of rotatable bonds is 3. The molecule has 0 atom stereocenters. The molecule has 5 heteroatoms. The zero-order chi connectivity index (χ0) is 18.8. The van der Waals surface area contributed by atoms with Gasteiger partial charge in [-0.15, -0.1) is 0 Å². The first-order valence-electron chi connectivity index (χ1n) is 8.60. The molecule has 4 rings (SSSR count). The van der Waals surface area contributed by atoms with E-state index >= 15 is 0 Å². The fourth-order valence-corrected chi connectivity index (χ4v) is 3.16. The molecule has 0 aliphatic rings. The molecule has 0 aliphatic heterocycles. The van der Waals surface area contributed by atoms with Gasteiger partial charge in [-0.3, -0.25) is 4.98 Å². The van der Waals surface area contributed by atoms with Gasteiger partial charge < -0.3 is 5.32 Å². The summed E-state index contributed by atoms with van der Waals surface area (Å²) in [7, 11) is 1.85. The van der Waals surface area contributed by atoms with Crippen molar-refractivity contribution in [3.63, 3.8) is 0 Å². The Labute approximate surface area is 157 Å². The Kier molecular flexibility index (Phi) is 4.23. The van der Waals surface area contributed by atoms with E-state index in [-0.39, 0.29) is 0 Å². The van der Waals surface area contributed by atoms with Crippen molar-refractivity contribution in [3.8, 4) is 28.6 Å². The van der Waals surface area contributed by atoms with E-state index in [2.05, 4.69) is 40.4 Å². The fraction of sp³-hybridized carbons (Fsp3) is 0.0909. The number of aryl methyl sites for hydroxylation is 1. The zero-order valence-electron chi connectivity index (χ0n) is 15.1. The summed E-state index contributed by atoms with van der Waals surface area (Å²) in [5.74, 6) is 1.40. The summed E-state index contributed by atoms with van der Waals surface area (Å²) in [6.07, 6.45) is 3.49. The third-order valence-electron chi connectivity index (χ3n) is 4.50. The average molecular weight is 351 g/mol. The maximum Gasteiger partial charge on any atom is 0.163 e. The minimum atomic E-state index is 0.638. The topological polar surface area (TPSA) is 74.5 Å². The van der Waals surface area contributed by atoms with Gasteiger partial charge in [0.25, 0.3) is 0 Å². The molecule has 2 aromatic heterocycles. The standard InChI is InChI=1S/C22H17N5/c1-14-9-20-19(11-18(14)16-6-3-5-15(10-16)12-23)22(24-2)27-21(26-20)17-7-4-8-25-13-17/h3-11,13H,1-2H3,(H,24,26,27). The summed E-state index contributed by atoms with van der Waals surface area (Å²) in [6.45, 7) is 2.05. The summed E-state index contributed by atoms with van der Waals surface area (Å²) in [6, 6.07) is 17.8. The number of benzene rings is 2. The molecule has 4 aromatic rings. The van der Waals surface area contributed by atoms with E-state index in [9.17, 15) is 5.26 Å². The molecule has 0 unspecified atom stereocenters. The largest absolute Gasteiger partial charge is 0.373 e. The Morgan fingerprint density at radius 3 is 2.59 bits per heavy atom. The molecule has 2 heterocycles. The Hall–Kier alpha value is -3.78. The summed E-state index contributed by atoms with van der Waals surface area (Å²) >= 11 is 0. The number of hydrogen-bond acceptors (Lipinski definition) is 5. The van der Waals surface area contributed by atoms with Crippen LogP contribution in [-0.2, 0) is 0 Å². The molecule has 0 spiro atoms. The van der Waals surface area contributed by atoms with Gasteiger partial charge >= 0.3 is 0 Å². The highest BCUT2D eigenvalue weighted by Gasteiger charge is 2.12. The van der Waals surface area contributed by atoms with E-state index < -0.39 is 0 Å². The summed E-state index contributed by atoms with van der Waals surface area (Å²) in [5.41, 5.74) is 5.55. The summed E-state index contributed by atoms with van der Waals surface area (Å²) in [5, 5.41) is 13.3. The third-order valence-corrected chi connectivity index (χ3v) is 4.50. The second-order valence-electron chi connectivity index (χ2n) is 6.26. The van der Waals surface area contributed by atoms with Crippen molar-refractivity contribution in [3.05, 3.63) is 72.1 Å². The lowest BCUT2D eigenvalue weighted by Crippen LogP contribution is -2.00. The van der Waals surface area contributed by atoms with Crippen LogP contribution in [0.2, 0.25) is 0 Å². The maximum atomic E-state index is 9.19. The van der Waals surface area contributed by atoms with Crippen molar-refractivity contribution in [2.75, 3.05) is 12.4 Å². The molecule has 2 aromatic carbocycles. The number of hydrogen-bond donors (Lipinski definition) is 1. The van der Waals surface area contributed by atoms with Crippen molar-refractivity contribution in [1.82, 2.24) is 15.0 Å². The number of nitriles is 1.